The van der Waals surface area contributed by atoms with Crippen LogP contribution in [0, 0.1) is 0 Å². The summed E-state index contributed by atoms with van der Waals surface area (Å²) in [5.41, 5.74) is 1.34. The van der Waals surface area contributed by atoms with Crippen LogP contribution in [0.4, 0.5) is 5.13 Å². The smallest absolute Gasteiger partial charge is 0.260 e. The first-order chi connectivity index (χ1) is 15.1. The molecule has 0 saturated heterocycles. The van der Waals surface area contributed by atoms with Crippen molar-refractivity contribution in [3.8, 4) is 17.2 Å². The molecule has 0 saturated carbocycles. The summed E-state index contributed by atoms with van der Waals surface area (Å²) in [6, 6.07) is 11.2. The second kappa shape index (κ2) is 9.53. The van der Waals surface area contributed by atoms with Crippen molar-refractivity contribution in [3.05, 3.63) is 42.0 Å². The number of hydrogen-bond acceptors (Lipinski definition) is 7. The molecule has 164 valence electrons. The van der Waals surface area contributed by atoms with Crippen LogP contribution in [-0.2, 0) is 0 Å². The number of carbonyl (C=O) groups is 1. The fraction of sp³-hybridized carbons (Fsp3) is 0.391. The van der Waals surface area contributed by atoms with Gasteiger partial charge in [-0.3, -0.25) is 9.69 Å². The van der Waals surface area contributed by atoms with Crippen LogP contribution in [-0.4, -0.2) is 55.4 Å². The zero-order valence-electron chi connectivity index (χ0n) is 18.1. The first-order valence-corrected chi connectivity index (χ1v) is 11.4. The number of carbonyl (C=O) groups excluding carboxylic acids is 1. The van der Waals surface area contributed by atoms with Crippen molar-refractivity contribution in [2.75, 3.05) is 44.5 Å². The summed E-state index contributed by atoms with van der Waals surface area (Å²) < 4.78 is 17.6. The number of amides is 1. The largest absolute Gasteiger partial charge is 0.492 e. The first kappa shape index (κ1) is 21.4. The highest BCUT2D eigenvalue weighted by atomic mass is 32.1. The molecule has 1 aliphatic heterocycles. The number of fused-ring (bicyclic) bond motifs is 2. The maximum Gasteiger partial charge on any atom is 0.260 e. The molecule has 0 unspecified atom stereocenters. The minimum atomic E-state index is -0.109. The molecule has 0 atom stereocenters. The van der Waals surface area contributed by atoms with Gasteiger partial charge in [0.1, 0.15) is 11.3 Å². The van der Waals surface area contributed by atoms with Crippen LogP contribution in [0.2, 0.25) is 0 Å². The Hall–Kier alpha value is -2.84. The van der Waals surface area contributed by atoms with Gasteiger partial charge < -0.3 is 19.1 Å². The normalized spacial score (nSPS) is 12.5. The van der Waals surface area contributed by atoms with Gasteiger partial charge in [0.15, 0.2) is 16.6 Å². The Kier molecular flexibility index (Phi) is 6.58. The summed E-state index contributed by atoms with van der Waals surface area (Å²) in [4.78, 5) is 22.4. The van der Waals surface area contributed by atoms with Gasteiger partial charge in [-0.25, -0.2) is 4.98 Å². The third-order valence-corrected chi connectivity index (χ3v) is 6.34. The summed E-state index contributed by atoms with van der Waals surface area (Å²) in [6.07, 6.45) is 0. The molecule has 1 aromatic heterocycles. The molecule has 0 N–H and O–H groups in total. The van der Waals surface area contributed by atoms with Crippen LogP contribution in [0.15, 0.2) is 36.4 Å². The number of hydrogen-bond donors (Lipinski definition) is 0. The highest BCUT2D eigenvalue weighted by Crippen LogP contribution is 2.36. The fourth-order valence-electron chi connectivity index (χ4n) is 3.55. The summed E-state index contributed by atoms with van der Waals surface area (Å²) in [5, 5.41) is 0.664. The van der Waals surface area contributed by atoms with Crippen molar-refractivity contribution in [2.45, 2.75) is 20.8 Å². The average molecular weight is 442 g/mol. The van der Waals surface area contributed by atoms with Crippen LogP contribution < -0.4 is 19.1 Å². The van der Waals surface area contributed by atoms with E-state index in [0.29, 0.717) is 35.3 Å². The molecule has 8 heteroatoms. The molecule has 2 heterocycles. The fourth-order valence-corrected chi connectivity index (χ4v) is 4.56. The van der Waals surface area contributed by atoms with Crippen molar-refractivity contribution in [1.29, 1.82) is 0 Å². The molecular weight excluding hydrogens is 414 g/mol. The number of ether oxygens (including phenoxy) is 3. The van der Waals surface area contributed by atoms with Gasteiger partial charge in [0, 0.05) is 18.7 Å². The molecule has 7 nitrogen and oxygen atoms in total. The summed E-state index contributed by atoms with van der Waals surface area (Å²) in [6.45, 7) is 10.1. The lowest BCUT2D eigenvalue weighted by Crippen LogP contribution is -2.38. The molecule has 0 bridgehead atoms. The predicted molar refractivity (Wildman–Crippen MR) is 123 cm³/mol. The van der Waals surface area contributed by atoms with E-state index in [9.17, 15) is 4.79 Å². The highest BCUT2D eigenvalue weighted by molar-refractivity contribution is 7.22. The molecule has 0 aliphatic carbocycles. The van der Waals surface area contributed by atoms with Crippen molar-refractivity contribution >= 4 is 32.6 Å². The van der Waals surface area contributed by atoms with Crippen molar-refractivity contribution in [1.82, 2.24) is 9.88 Å². The Balaban J connectivity index is 1.69. The third-order valence-electron chi connectivity index (χ3n) is 5.30. The number of para-hydroxylation sites is 1. The van der Waals surface area contributed by atoms with Crippen LogP contribution >= 0.6 is 11.3 Å². The minimum Gasteiger partial charge on any atom is -0.492 e. The monoisotopic (exact) mass is 441 g/mol. The second-order valence-corrected chi connectivity index (χ2v) is 8.09. The summed E-state index contributed by atoms with van der Waals surface area (Å²) >= 11 is 1.50. The molecule has 31 heavy (non-hydrogen) atoms. The van der Waals surface area contributed by atoms with Gasteiger partial charge in [-0.15, -0.1) is 0 Å². The maximum absolute atomic E-state index is 13.6. The third kappa shape index (κ3) is 4.45. The van der Waals surface area contributed by atoms with E-state index < -0.39 is 0 Å². The van der Waals surface area contributed by atoms with Crippen molar-refractivity contribution in [2.24, 2.45) is 0 Å². The predicted octanol–water partition coefficient (Wildman–Crippen LogP) is 4.41. The van der Waals surface area contributed by atoms with Gasteiger partial charge >= 0.3 is 0 Å². The Morgan fingerprint density at radius 2 is 1.90 bits per heavy atom. The quantitative estimate of drug-likeness (QED) is 0.490. The van der Waals surface area contributed by atoms with E-state index in [1.54, 1.807) is 23.1 Å². The summed E-state index contributed by atoms with van der Waals surface area (Å²) in [7, 11) is 0. The van der Waals surface area contributed by atoms with Crippen molar-refractivity contribution < 1.29 is 19.0 Å². The van der Waals surface area contributed by atoms with Gasteiger partial charge in [-0.1, -0.05) is 31.3 Å². The molecular formula is C23H27N3O4S. The molecule has 0 fully saturated rings. The Morgan fingerprint density at radius 3 is 2.68 bits per heavy atom. The summed E-state index contributed by atoms with van der Waals surface area (Å²) in [5.74, 6) is 1.88. The van der Waals surface area contributed by atoms with E-state index in [-0.39, 0.29) is 12.7 Å². The van der Waals surface area contributed by atoms with Crippen LogP contribution in [0.5, 0.6) is 17.2 Å². The van der Waals surface area contributed by atoms with E-state index in [1.165, 1.54) is 11.3 Å². The lowest BCUT2D eigenvalue weighted by Gasteiger charge is -2.24. The standard InChI is InChI=1S/C23H27N3O4S/c1-4-25(5-2)12-13-26(22(27)16-10-11-17-19(14-16)30-15-29-17)23-24-21-18(28-6-3)8-7-9-20(21)31-23/h7-11,14H,4-6,12-13,15H2,1-3H3. The number of nitrogens with zero attached hydrogens (tertiary/aromatic N) is 3. The van der Waals surface area contributed by atoms with Gasteiger partial charge in [0.05, 0.1) is 11.3 Å². The zero-order valence-corrected chi connectivity index (χ0v) is 18.9. The SMILES string of the molecule is CCOc1cccc2sc(N(CCN(CC)CC)C(=O)c3ccc4c(c3)OCO4)nc12. The van der Waals surface area contributed by atoms with E-state index in [1.807, 2.05) is 25.1 Å². The molecule has 1 aliphatic rings. The lowest BCUT2D eigenvalue weighted by molar-refractivity contribution is 0.0983. The number of benzene rings is 2. The van der Waals surface area contributed by atoms with E-state index in [2.05, 4.69) is 18.7 Å². The second-order valence-electron chi connectivity index (χ2n) is 7.08. The zero-order chi connectivity index (χ0) is 21.8. The van der Waals surface area contributed by atoms with E-state index in [4.69, 9.17) is 19.2 Å². The lowest BCUT2D eigenvalue weighted by atomic mass is 10.1. The first-order valence-electron chi connectivity index (χ1n) is 10.6. The number of aromatic nitrogens is 1. The van der Waals surface area contributed by atoms with Crippen LogP contribution in [0.3, 0.4) is 0 Å². The minimum absolute atomic E-state index is 0.109. The van der Waals surface area contributed by atoms with E-state index in [0.717, 1.165) is 35.6 Å². The number of likely N-dealkylation sites (N-methyl/N-ethyl adjacent to an activating group) is 1. The van der Waals surface area contributed by atoms with Crippen LogP contribution in [0.1, 0.15) is 31.1 Å². The topological polar surface area (TPSA) is 64.1 Å². The van der Waals surface area contributed by atoms with Gasteiger partial charge in [0.25, 0.3) is 5.91 Å². The number of rotatable bonds is 9. The van der Waals surface area contributed by atoms with Gasteiger partial charge in [-0.2, -0.15) is 0 Å². The molecule has 0 radical (unpaired) electrons. The van der Waals surface area contributed by atoms with Gasteiger partial charge in [0.2, 0.25) is 6.79 Å². The number of anilines is 1. The number of thiazole rings is 1. The molecule has 1 amide bonds. The van der Waals surface area contributed by atoms with Crippen LogP contribution in [0.25, 0.3) is 10.2 Å². The van der Waals surface area contributed by atoms with Gasteiger partial charge in [-0.05, 0) is 50.3 Å². The molecule has 0 spiro atoms. The molecule has 3 aromatic rings. The molecule has 2 aromatic carbocycles. The highest BCUT2D eigenvalue weighted by Gasteiger charge is 2.25. The van der Waals surface area contributed by atoms with Crippen molar-refractivity contribution in [3.63, 3.8) is 0 Å². The molecule has 4 rings (SSSR count). The average Bonchev–Trinajstić information content (AvgIpc) is 3.43. The Morgan fingerprint density at radius 1 is 1.10 bits per heavy atom. The Bertz CT molecular complexity index is 1060. The van der Waals surface area contributed by atoms with E-state index >= 15 is 0 Å². The Labute approximate surface area is 186 Å². The maximum atomic E-state index is 13.6.